The molecule has 0 radical (unpaired) electrons. The molecule has 0 fully saturated rings. The summed E-state index contributed by atoms with van der Waals surface area (Å²) in [7, 11) is 0. The van der Waals surface area contributed by atoms with Gasteiger partial charge in [-0.1, -0.05) is 0 Å². The molecule has 48 heavy (non-hydrogen) atoms. The van der Waals surface area contributed by atoms with Crippen molar-refractivity contribution in [3.05, 3.63) is 0 Å². The lowest BCUT2D eigenvalue weighted by atomic mass is 10.0. The number of aliphatic hydroxyl groups is 2. The molecule has 2 amide bonds. The number of carbonyl (C=O) groups is 10. The Hall–Kier alpha value is -4.98. The number of esters is 6. The third-order valence-corrected chi connectivity index (χ3v) is 5.32. The Morgan fingerprint density at radius 3 is 0.854 bits per heavy atom. The molecule has 0 aromatic heterocycles. The number of hydrogen-bond donors (Lipinski definition) is 4. The van der Waals surface area contributed by atoms with E-state index >= 15 is 0 Å². The van der Waals surface area contributed by atoms with Gasteiger partial charge in [-0.15, -0.1) is 0 Å². The molecule has 272 valence electrons. The van der Waals surface area contributed by atoms with Gasteiger partial charge in [0.2, 0.25) is 11.8 Å². The Balaban J connectivity index is 0. The number of aldehydes is 2. The van der Waals surface area contributed by atoms with Gasteiger partial charge in [-0.3, -0.25) is 38.4 Å². The normalized spacial score (nSPS) is 15.2. The first kappa shape index (κ1) is 45.1. The van der Waals surface area contributed by atoms with Crippen molar-refractivity contribution in [3.63, 3.8) is 0 Å². The third kappa shape index (κ3) is 18.9. The van der Waals surface area contributed by atoms with Gasteiger partial charge in [0.05, 0.1) is 13.2 Å². The summed E-state index contributed by atoms with van der Waals surface area (Å²) in [6.45, 7) is 6.94. The van der Waals surface area contributed by atoms with E-state index in [1.165, 1.54) is 0 Å². The molecule has 4 N–H and O–H groups in total. The van der Waals surface area contributed by atoms with E-state index in [4.69, 9.17) is 28.4 Å². The van der Waals surface area contributed by atoms with Crippen LogP contribution in [0.15, 0.2) is 0 Å². The van der Waals surface area contributed by atoms with Crippen molar-refractivity contribution in [1.82, 2.24) is 10.6 Å². The van der Waals surface area contributed by atoms with Gasteiger partial charge in [-0.05, 0) is 0 Å². The summed E-state index contributed by atoms with van der Waals surface area (Å²) < 4.78 is 29.5. The summed E-state index contributed by atoms with van der Waals surface area (Å²) in [4.78, 5) is 113. The molecule has 20 nitrogen and oxygen atoms in total. The fourth-order valence-electron chi connectivity index (χ4n) is 3.86. The van der Waals surface area contributed by atoms with Crippen LogP contribution in [0.25, 0.3) is 0 Å². The van der Waals surface area contributed by atoms with Gasteiger partial charge in [-0.2, -0.15) is 0 Å². The highest BCUT2D eigenvalue weighted by Crippen LogP contribution is 2.18. The van der Waals surface area contributed by atoms with Crippen molar-refractivity contribution in [1.29, 1.82) is 0 Å². The van der Waals surface area contributed by atoms with Crippen LogP contribution in [0.1, 0.15) is 55.4 Å². The van der Waals surface area contributed by atoms with Crippen LogP contribution in [0.4, 0.5) is 0 Å². The molecular formula is C28H42N2O18. The molecule has 0 aliphatic rings. The molecule has 0 heterocycles. The Bertz CT molecular complexity index is 1070. The monoisotopic (exact) mass is 694 g/mol. The summed E-state index contributed by atoms with van der Waals surface area (Å²) >= 11 is 0. The minimum absolute atomic E-state index is 0.272. The van der Waals surface area contributed by atoms with Crippen LogP contribution in [0.3, 0.4) is 0 Å². The standard InChI is InChI=1S/2C14H21NO9/c2*1-7(18)15-11(5-16)13(23-9(3)20)14(24-10(4)21)12(6-17)22-8(2)19/h2*5,11-14,17H,6H2,1-4H3,(H,15,18)/t11-,12+,13+,14+;11-,12+,13+,14-/m00/s1. The molecule has 0 aliphatic carbocycles. The van der Waals surface area contributed by atoms with Gasteiger partial charge in [0.15, 0.2) is 36.6 Å². The highest BCUT2D eigenvalue weighted by molar-refractivity contribution is 5.79. The first-order valence-electron chi connectivity index (χ1n) is 13.9. The van der Waals surface area contributed by atoms with Crippen LogP contribution in [-0.2, 0) is 76.4 Å². The highest BCUT2D eigenvalue weighted by Gasteiger charge is 2.43. The second kappa shape index (κ2) is 23.4. The maximum Gasteiger partial charge on any atom is 0.303 e. The smallest absolute Gasteiger partial charge is 0.303 e. The van der Waals surface area contributed by atoms with E-state index in [0.717, 1.165) is 55.4 Å². The number of nitrogens with one attached hydrogen (secondary N) is 2. The number of ether oxygens (including phenoxy) is 6. The van der Waals surface area contributed by atoms with Crippen LogP contribution in [0.5, 0.6) is 0 Å². The van der Waals surface area contributed by atoms with Gasteiger partial charge in [0.25, 0.3) is 0 Å². The predicted molar refractivity (Wildman–Crippen MR) is 155 cm³/mol. The van der Waals surface area contributed by atoms with Gasteiger partial charge in [-0.25, -0.2) is 0 Å². The van der Waals surface area contributed by atoms with Gasteiger partial charge in [0, 0.05) is 55.4 Å². The molecule has 0 spiro atoms. The number of amides is 2. The SMILES string of the molecule is CC(=O)N[C@@H](C=O)[C@@H](OC(C)=O)[C@@H](OC(C)=O)[C@@H](CO)OC(C)=O.CC(=O)N[C@@H](C=O)[C@@H](OC(C)=O)[C@H](OC(C)=O)[C@@H](CO)OC(C)=O. The minimum atomic E-state index is -1.51. The molecule has 0 aromatic rings. The van der Waals surface area contributed by atoms with Gasteiger partial charge >= 0.3 is 35.8 Å². The van der Waals surface area contributed by atoms with Gasteiger partial charge < -0.3 is 58.9 Å². The van der Waals surface area contributed by atoms with Crippen molar-refractivity contribution >= 4 is 60.2 Å². The maximum atomic E-state index is 11.3. The number of hydrogen-bond acceptors (Lipinski definition) is 18. The van der Waals surface area contributed by atoms with Gasteiger partial charge in [0.1, 0.15) is 24.7 Å². The Labute approximate surface area is 275 Å². The summed E-state index contributed by atoms with van der Waals surface area (Å²) in [6, 6.07) is -2.78. The fourth-order valence-corrected chi connectivity index (χ4v) is 3.86. The largest absolute Gasteiger partial charge is 0.456 e. The lowest BCUT2D eigenvalue weighted by molar-refractivity contribution is -0.188. The quantitative estimate of drug-likeness (QED) is 0.0629. The van der Waals surface area contributed by atoms with Crippen LogP contribution in [0.2, 0.25) is 0 Å². The summed E-state index contributed by atoms with van der Waals surface area (Å²) in [6.07, 6.45) is -8.32. The number of carbonyl (C=O) groups excluding carboxylic acids is 10. The van der Waals surface area contributed by atoms with Crippen molar-refractivity contribution in [2.45, 2.75) is 104 Å². The molecule has 0 bridgehead atoms. The van der Waals surface area contributed by atoms with Crippen LogP contribution in [-0.4, -0.2) is 132 Å². The van der Waals surface area contributed by atoms with Crippen molar-refractivity contribution in [3.8, 4) is 0 Å². The van der Waals surface area contributed by atoms with Crippen LogP contribution < -0.4 is 10.6 Å². The molecule has 0 unspecified atom stereocenters. The average Bonchev–Trinajstić information content (AvgIpc) is 2.95. The van der Waals surface area contributed by atoms with E-state index in [0.29, 0.717) is 0 Å². The van der Waals surface area contributed by atoms with E-state index in [1.807, 2.05) is 0 Å². The Morgan fingerprint density at radius 2 is 0.688 bits per heavy atom. The zero-order chi connectivity index (χ0) is 37.7. The van der Waals surface area contributed by atoms with E-state index in [9.17, 15) is 58.2 Å². The molecule has 0 aromatic carbocycles. The first-order valence-corrected chi connectivity index (χ1v) is 13.9. The molecular weight excluding hydrogens is 652 g/mol. The predicted octanol–water partition coefficient (Wildman–Crippen LogP) is -3.05. The third-order valence-electron chi connectivity index (χ3n) is 5.32. The number of rotatable bonds is 18. The van der Waals surface area contributed by atoms with E-state index < -0.39 is 110 Å². The number of aliphatic hydroxyl groups excluding tert-OH is 2. The lowest BCUT2D eigenvalue weighted by Crippen LogP contribution is -2.57. The van der Waals surface area contributed by atoms with Crippen LogP contribution >= 0.6 is 0 Å². The lowest BCUT2D eigenvalue weighted by Gasteiger charge is -2.33. The van der Waals surface area contributed by atoms with E-state index in [-0.39, 0.29) is 12.6 Å². The fraction of sp³-hybridized carbons (Fsp3) is 0.643. The van der Waals surface area contributed by atoms with E-state index in [1.54, 1.807) is 0 Å². The van der Waals surface area contributed by atoms with E-state index in [2.05, 4.69) is 10.6 Å². The highest BCUT2D eigenvalue weighted by atomic mass is 16.6. The first-order chi connectivity index (χ1) is 22.2. The minimum Gasteiger partial charge on any atom is -0.456 e. The summed E-state index contributed by atoms with van der Waals surface area (Å²) in [5, 5.41) is 23.2. The second-order valence-corrected chi connectivity index (χ2v) is 9.68. The Morgan fingerprint density at radius 1 is 0.458 bits per heavy atom. The summed E-state index contributed by atoms with van der Waals surface area (Å²) in [5.74, 6) is -6.17. The second-order valence-electron chi connectivity index (χ2n) is 9.68. The zero-order valence-corrected chi connectivity index (χ0v) is 27.6. The van der Waals surface area contributed by atoms with Crippen molar-refractivity contribution in [2.24, 2.45) is 0 Å². The summed E-state index contributed by atoms with van der Waals surface area (Å²) in [5.41, 5.74) is 0. The maximum absolute atomic E-state index is 11.3. The zero-order valence-electron chi connectivity index (χ0n) is 27.6. The average molecular weight is 695 g/mol. The van der Waals surface area contributed by atoms with Crippen molar-refractivity contribution < 1.29 is 86.6 Å². The molecule has 20 heteroatoms. The molecule has 0 saturated carbocycles. The van der Waals surface area contributed by atoms with Crippen molar-refractivity contribution in [2.75, 3.05) is 13.2 Å². The molecule has 0 aliphatic heterocycles. The molecule has 8 atom stereocenters. The van der Waals surface area contributed by atoms with Crippen LogP contribution in [0, 0.1) is 0 Å². The molecule has 0 rings (SSSR count). The topological polar surface area (TPSA) is 291 Å². The Kier molecular flexibility index (Phi) is 22.0. The molecule has 0 saturated heterocycles.